The third-order valence-corrected chi connectivity index (χ3v) is 4.87. The number of hydrogen-bond acceptors (Lipinski definition) is 3. The summed E-state index contributed by atoms with van der Waals surface area (Å²) in [7, 11) is 0. The van der Waals surface area contributed by atoms with Gasteiger partial charge in [0.15, 0.2) is 0 Å². The fourth-order valence-corrected chi connectivity index (χ4v) is 3.37. The molecule has 5 heteroatoms. The summed E-state index contributed by atoms with van der Waals surface area (Å²) >= 11 is 0. The molecule has 0 spiro atoms. The van der Waals surface area contributed by atoms with Gasteiger partial charge in [-0.25, -0.2) is 5.10 Å². The highest BCUT2D eigenvalue weighted by atomic mass is 16.5. The van der Waals surface area contributed by atoms with Crippen LogP contribution in [0.4, 0.5) is 0 Å². The van der Waals surface area contributed by atoms with E-state index in [-0.39, 0.29) is 5.56 Å². The number of hydrogen-bond donors (Lipinski definition) is 2. The molecule has 0 aliphatic rings. The van der Waals surface area contributed by atoms with Gasteiger partial charge < -0.3 is 9.72 Å². The fraction of sp³-hybridized carbons (Fsp3) is 0.0769. The molecular weight excluding hydrogens is 386 g/mol. The second-order valence-electron chi connectivity index (χ2n) is 7.06. The Bertz CT molecular complexity index is 1330. The molecule has 0 atom stereocenters. The zero-order valence-electron chi connectivity index (χ0n) is 17.3. The first-order valence-corrected chi connectivity index (χ1v) is 10.0. The molecule has 4 rings (SSSR count). The molecule has 2 heterocycles. The third-order valence-electron chi connectivity index (χ3n) is 4.87. The van der Waals surface area contributed by atoms with Crippen molar-refractivity contribution in [1.82, 2.24) is 15.2 Å². The summed E-state index contributed by atoms with van der Waals surface area (Å²) in [6.07, 6.45) is 7.39. The van der Waals surface area contributed by atoms with Crippen LogP contribution in [-0.2, 0) is 6.61 Å². The number of nitrogens with one attached hydrogen (secondary N) is 2. The SMILES string of the molecule is C=C/C=C(\C=C/C)c1cc(-c2cc3cc(OCc4ccccc4)ccc3[nH]2)c(=O)[nH]n1. The smallest absolute Gasteiger partial charge is 0.273 e. The lowest BCUT2D eigenvalue weighted by Crippen LogP contribution is -2.12. The van der Waals surface area contributed by atoms with E-state index >= 15 is 0 Å². The third kappa shape index (κ3) is 4.56. The van der Waals surface area contributed by atoms with Gasteiger partial charge in [-0.2, -0.15) is 5.10 Å². The normalized spacial score (nSPS) is 11.8. The van der Waals surface area contributed by atoms with Crippen LogP contribution in [0.25, 0.3) is 27.7 Å². The van der Waals surface area contributed by atoms with Crippen molar-refractivity contribution in [2.45, 2.75) is 13.5 Å². The number of fused-ring (bicyclic) bond motifs is 1. The van der Waals surface area contributed by atoms with Crippen molar-refractivity contribution in [3.8, 4) is 17.0 Å². The van der Waals surface area contributed by atoms with Crippen molar-refractivity contribution in [2.24, 2.45) is 0 Å². The molecule has 0 bridgehead atoms. The van der Waals surface area contributed by atoms with Gasteiger partial charge >= 0.3 is 0 Å². The standard InChI is InChI=1S/C26H23N3O2/c1-3-8-19(9-4-2)24-16-22(26(30)29-28-24)25-15-20-14-21(12-13-23(20)27-25)31-17-18-10-6-5-7-11-18/h3-16,27H,1,17H2,2H3,(H,29,30)/b9-4-,19-8+. The summed E-state index contributed by atoms with van der Waals surface area (Å²) in [5.41, 5.74) is 4.55. The van der Waals surface area contributed by atoms with E-state index in [1.807, 2.05) is 79.7 Å². The minimum absolute atomic E-state index is 0.255. The molecule has 0 unspecified atom stereocenters. The molecule has 0 saturated carbocycles. The monoisotopic (exact) mass is 409 g/mol. The van der Waals surface area contributed by atoms with Crippen molar-refractivity contribution in [3.05, 3.63) is 113 Å². The van der Waals surface area contributed by atoms with Crippen molar-refractivity contribution in [1.29, 1.82) is 0 Å². The lowest BCUT2D eigenvalue weighted by atomic mass is 10.1. The molecule has 31 heavy (non-hydrogen) atoms. The zero-order valence-corrected chi connectivity index (χ0v) is 17.3. The van der Waals surface area contributed by atoms with Gasteiger partial charge in [-0.15, -0.1) is 0 Å². The van der Waals surface area contributed by atoms with Gasteiger partial charge in [-0.3, -0.25) is 4.79 Å². The van der Waals surface area contributed by atoms with Gasteiger partial charge in [0.1, 0.15) is 12.4 Å². The van der Waals surface area contributed by atoms with Crippen LogP contribution in [0, 0.1) is 0 Å². The van der Waals surface area contributed by atoms with Gasteiger partial charge in [0.05, 0.1) is 17.0 Å². The molecule has 2 aromatic carbocycles. The Hall–Kier alpha value is -4.12. The number of H-pyrrole nitrogens is 2. The second kappa shape index (κ2) is 9.13. The first-order chi connectivity index (χ1) is 15.2. The molecule has 0 aliphatic carbocycles. The summed E-state index contributed by atoms with van der Waals surface area (Å²) in [5.74, 6) is 0.774. The Morgan fingerprint density at radius 1 is 1.13 bits per heavy atom. The molecule has 0 saturated heterocycles. The van der Waals surface area contributed by atoms with E-state index in [1.54, 1.807) is 12.1 Å². The quantitative estimate of drug-likeness (QED) is 0.388. The van der Waals surface area contributed by atoms with Gasteiger partial charge in [-0.05, 0) is 42.8 Å². The first-order valence-electron chi connectivity index (χ1n) is 10.0. The van der Waals surface area contributed by atoms with E-state index in [1.165, 1.54) is 0 Å². The molecule has 0 amide bonds. The van der Waals surface area contributed by atoms with Crippen LogP contribution in [0.15, 0.2) is 96.3 Å². The first kappa shape index (κ1) is 20.2. The van der Waals surface area contributed by atoms with Crippen LogP contribution in [0.1, 0.15) is 18.2 Å². The van der Waals surface area contributed by atoms with Crippen LogP contribution < -0.4 is 10.3 Å². The Morgan fingerprint density at radius 2 is 1.97 bits per heavy atom. The van der Waals surface area contributed by atoms with Crippen LogP contribution in [0.2, 0.25) is 0 Å². The van der Waals surface area contributed by atoms with E-state index in [0.29, 0.717) is 17.9 Å². The lowest BCUT2D eigenvalue weighted by molar-refractivity contribution is 0.306. The average molecular weight is 409 g/mol. The summed E-state index contributed by atoms with van der Waals surface area (Å²) < 4.78 is 5.93. The number of aromatic amines is 2. The Morgan fingerprint density at radius 3 is 2.74 bits per heavy atom. The van der Waals surface area contributed by atoms with E-state index in [0.717, 1.165) is 33.5 Å². The predicted molar refractivity (Wildman–Crippen MR) is 126 cm³/mol. The molecule has 0 aliphatic heterocycles. The van der Waals surface area contributed by atoms with Crippen LogP contribution in [0.3, 0.4) is 0 Å². The molecule has 5 nitrogen and oxygen atoms in total. The molecule has 4 aromatic rings. The topological polar surface area (TPSA) is 70.8 Å². The number of benzene rings is 2. The van der Waals surface area contributed by atoms with E-state index in [9.17, 15) is 4.79 Å². The number of ether oxygens (including phenoxy) is 1. The van der Waals surface area contributed by atoms with Crippen LogP contribution in [0.5, 0.6) is 5.75 Å². The molecular formula is C26H23N3O2. The van der Waals surface area contributed by atoms with Crippen molar-refractivity contribution >= 4 is 16.5 Å². The highest BCUT2D eigenvalue weighted by molar-refractivity contribution is 5.87. The summed E-state index contributed by atoms with van der Waals surface area (Å²) in [6, 6.07) is 19.6. The fourth-order valence-electron chi connectivity index (χ4n) is 3.37. The molecule has 2 N–H and O–H groups in total. The average Bonchev–Trinajstić information content (AvgIpc) is 3.22. The van der Waals surface area contributed by atoms with Gasteiger partial charge in [0, 0.05) is 16.5 Å². The minimum Gasteiger partial charge on any atom is -0.489 e. The van der Waals surface area contributed by atoms with Crippen LogP contribution in [-0.4, -0.2) is 15.2 Å². The van der Waals surface area contributed by atoms with Crippen molar-refractivity contribution in [2.75, 3.05) is 0 Å². The molecule has 2 aromatic heterocycles. The van der Waals surface area contributed by atoms with Crippen molar-refractivity contribution < 1.29 is 4.74 Å². The predicted octanol–water partition coefficient (Wildman–Crippen LogP) is 5.64. The molecule has 0 fully saturated rings. The molecule has 0 radical (unpaired) electrons. The highest BCUT2D eigenvalue weighted by Gasteiger charge is 2.11. The highest BCUT2D eigenvalue weighted by Crippen LogP contribution is 2.27. The van der Waals surface area contributed by atoms with Gasteiger partial charge in [0.2, 0.25) is 0 Å². The summed E-state index contributed by atoms with van der Waals surface area (Å²) in [6.45, 7) is 6.18. The Labute approximate surface area is 180 Å². The number of nitrogens with zero attached hydrogens (tertiary/aromatic N) is 1. The maximum atomic E-state index is 12.5. The van der Waals surface area contributed by atoms with Crippen LogP contribution >= 0.6 is 0 Å². The Kier molecular flexibility index (Phi) is 5.94. The van der Waals surface area contributed by atoms with E-state index in [2.05, 4.69) is 21.8 Å². The zero-order chi connectivity index (χ0) is 21.6. The maximum absolute atomic E-state index is 12.5. The minimum atomic E-state index is -0.255. The summed E-state index contributed by atoms with van der Waals surface area (Å²) in [4.78, 5) is 15.8. The largest absolute Gasteiger partial charge is 0.489 e. The Balaban J connectivity index is 1.65. The van der Waals surface area contributed by atoms with Crippen molar-refractivity contribution in [3.63, 3.8) is 0 Å². The second-order valence-corrected chi connectivity index (χ2v) is 7.06. The van der Waals surface area contributed by atoms with Gasteiger partial charge in [-0.1, -0.05) is 61.2 Å². The maximum Gasteiger partial charge on any atom is 0.273 e. The lowest BCUT2D eigenvalue weighted by Gasteiger charge is -2.06. The van der Waals surface area contributed by atoms with Gasteiger partial charge in [0.25, 0.3) is 5.56 Å². The number of rotatable bonds is 7. The summed E-state index contributed by atoms with van der Waals surface area (Å²) in [5, 5.41) is 7.75. The molecule has 154 valence electrons. The number of aromatic nitrogens is 3. The number of allylic oxidation sites excluding steroid dienone is 5. The van der Waals surface area contributed by atoms with E-state index < -0.39 is 0 Å². The van der Waals surface area contributed by atoms with E-state index in [4.69, 9.17) is 4.74 Å².